The zero-order valence-corrected chi connectivity index (χ0v) is 16.9. The number of nitrogens with one attached hydrogen (secondary N) is 1. The van der Waals surface area contributed by atoms with Crippen molar-refractivity contribution in [2.45, 2.75) is 0 Å². The van der Waals surface area contributed by atoms with E-state index in [1.54, 1.807) is 48.5 Å². The molecule has 3 aromatic heterocycles. The van der Waals surface area contributed by atoms with Crippen molar-refractivity contribution < 1.29 is 18.3 Å². The maximum atomic E-state index is 13.6. The minimum atomic E-state index is -0.771. The van der Waals surface area contributed by atoms with Gasteiger partial charge >= 0.3 is 11.3 Å². The molecule has 6 rings (SSSR count). The highest BCUT2D eigenvalue weighted by Crippen LogP contribution is 2.44. The normalized spacial score (nSPS) is 11.5. The smallest absolute Gasteiger partial charge is 0.360 e. The SMILES string of the molecule is O=c1oc2ccccc2c(O)c1-c1c(-c2ccc(F)cc2)[nH]c2c(=O)oc3ccccc3c12. The van der Waals surface area contributed by atoms with E-state index >= 15 is 0 Å². The summed E-state index contributed by atoms with van der Waals surface area (Å²) >= 11 is 0. The number of aromatic hydroxyl groups is 1. The molecule has 2 N–H and O–H groups in total. The molecule has 0 spiro atoms. The molecule has 0 atom stereocenters. The van der Waals surface area contributed by atoms with Gasteiger partial charge in [-0.05, 0) is 48.0 Å². The van der Waals surface area contributed by atoms with Gasteiger partial charge in [0, 0.05) is 16.3 Å². The lowest BCUT2D eigenvalue weighted by atomic mass is 9.96. The van der Waals surface area contributed by atoms with Crippen molar-refractivity contribution in [3.63, 3.8) is 0 Å². The van der Waals surface area contributed by atoms with Gasteiger partial charge in [-0.3, -0.25) is 0 Å². The number of para-hydroxylation sites is 2. The minimum Gasteiger partial charge on any atom is -0.506 e. The third kappa shape index (κ3) is 2.79. The molecule has 0 aliphatic rings. The zero-order valence-electron chi connectivity index (χ0n) is 16.9. The maximum Gasteiger partial charge on any atom is 0.360 e. The fourth-order valence-electron chi connectivity index (χ4n) is 4.27. The second-order valence-corrected chi connectivity index (χ2v) is 7.63. The number of halogens is 1. The van der Waals surface area contributed by atoms with E-state index in [0.717, 1.165) is 0 Å². The van der Waals surface area contributed by atoms with Crippen LogP contribution in [0.2, 0.25) is 0 Å². The topological polar surface area (TPSA) is 96.4 Å². The van der Waals surface area contributed by atoms with Crippen LogP contribution < -0.4 is 11.3 Å². The van der Waals surface area contributed by atoms with Gasteiger partial charge in [0.15, 0.2) is 0 Å². The summed E-state index contributed by atoms with van der Waals surface area (Å²) in [6.07, 6.45) is 0. The van der Waals surface area contributed by atoms with Gasteiger partial charge in [0.25, 0.3) is 0 Å². The van der Waals surface area contributed by atoms with Gasteiger partial charge in [-0.15, -0.1) is 0 Å². The Balaban J connectivity index is 1.86. The monoisotopic (exact) mass is 439 g/mol. The van der Waals surface area contributed by atoms with E-state index in [4.69, 9.17) is 8.83 Å². The summed E-state index contributed by atoms with van der Waals surface area (Å²) in [4.78, 5) is 29.0. The second-order valence-electron chi connectivity index (χ2n) is 7.63. The van der Waals surface area contributed by atoms with Gasteiger partial charge in [-0.1, -0.05) is 30.3 Å². The molecule has 6 aromatic rings. The van der Waals surface area contributed by atoms with Crippen molar-refractivity contribution >= 4 is 32.8 Å². The predicted molar refractivity (Wildman–Crippen MR) is 123 cm³/mol. The maximum absolute atomic E-state index is 13.6. The number of rotatable bonds is 2. The van der Waals surface area contributed by atoms with Gasteiger partial charge in [0.2, 0.25) is 0 Å². The molecule has 0 saturated carbocycles. The summed E-state index contributed by atoms with van der Waals surface area (Å²) in [6, 6.07) is 19.1. The fraction of sp³-hybridized carbons (Fsp3) is 0. The summed E-state index contributed by atoms with van der Waals surface area (Å²) in [5, 5.41) is 12.5. The van der Waals surface area contributed by atoms with Crippen LogP contribution in [0.1, 0.15) is 0 Å². The summed E-state index contributed by atoms with van der Waals surface area (Å²) in [7, 11) is 0. The van der Waals surface area contributed by atoms with Crippen molar-refractivity contribution in [1.29, 1.82) is 0 Å². The van der Waals surface area contributed by atoms with Crippen molar-refractivity contribution in [1.82, 2.24) is 4.98 Å². The Morgan fingerprint density at radius 3 is 2.06 bits per heavy atom. The summed E-state index contributed by atoms with van der Waals surface area (Å²) in [5.74, 6) is -0.710. The average Bonchev–Trinajstić information content (AvgIpc) is 3.21. The van der Waals surface area contributed by atoms with Crippen LogP contribution in [-0.4, -0.2) is 10.1 Å². The van der Waals surface area contributed by atoms with Gasteiger partial charge in [-0.2, -0.15) is 0 Å². The molecule has 0 radical (unpaired) electrons. The number of aromatic amines is 1. The molecule has 0 saturated heterocycles. The highest BCUT2D eigenvalue weighted by Gasteiger charge is 2.26. The number of fused-ring (bicyclic) bond motifs is 4. The van der Waals surface area contributed by atoms with Crippen LogP contribution in [0.3, 0.4) is 0 Å². The Hall–Kier alpha value is -4.65. The van der Waals surface area contributed by atoms with E-state index in [0.29, 0.717) is 33.0 Å². The third-order valence-electron chi connectivity index (χ3n) is 5.73. The van der Waals surface area contributed by atoms with Crippen LogP contribution in [0.25, 0.3) is 55.2 Å². The first kappa shape index (κ1) is 19.1. The molecule has 6 nitrogen and oxygen atoms in total. The lowest BCUT2D eigenvalue weighted by Gasteiger charge is -2.09. The molecule has 0 unspecified atom stereocenters. The van der Waals surface area contributed by atoms with Gasteiger partial charge in [-0.25, -0.2) is 14.0 Å². The van der Waals surface area contributed by atoms with E-state index < -0.39 is 17.1 Å². The van der Waals surface area contributed by atoms with Gasteiger partial charge in [0.1, 0.15) is 33.8 Å². The van der Waals surface area contributed by atoms with E-state index in [1.165, 1.54) is 24.3 Å². The number of hydrogen-bond donors (Lipinski definition) is 2. The zero-order chi connectivity index (χ0) is 22.7. The van der Waals surface area contributed by atoms with E-state index in [-0.39, 0.29) is 28.0 Å². The minimum absolute atomic E-state index is 0.102. The lowest BCUT2D eigenvalue weighted by Crippen LogP contribution is -2.04. The van der Waals surface area contributed by atoms with E-state index in [9.17, 15) is 19.1 Å². The van der Waals surface area contributed by atoms with Crippen LogP contribution in [0, 0.1) is 5.82 Å². The molecule has 0 aliphatic carbocycles. The molecule has 0 aliphatic heterocycles. The molecular formula is C26H14FNO5. The molecule has 160 valence electrons. The molecule has 0 fully saturated rings. The Morgan fingerprint density at radius 1 is 0.727 bits per heavy atom. The van der Waals surface area contributed by atoms with Gasteiger partial charge < -0.3 is 18.9 Å². The Kier molecular flexibility index (Phi) is 4.00. The van der Waals surface area contributed by atoms with Crippen molar-refractivity contribution in [2.24, 2.45) is 0 Å². The molecule has 0 bridgehead atoms. The molecular weight excluding hydrogens is 425 g/mol. The van der Waals surface area contributed by atoms with Gasteiger partial charge in [0.05, 0.1) is 11.1 Å². The molecule has 0 amide bonds. The summed E-state index contributed by atoms with van der Waals surface area (Å²) < 4.78 is 24.6. The highest BCUT2D eigenvalue weighted by molar-refractivity contribution is 6.16. The average molecular weight is 439 g/mol. The quantitative estimate of drug-likeness (QED) is 0.345. The summed E-state index contributed by atoms with van der Waals surface area (Å²) in [6.45, 7) is 0. The number of benzene rings is 3. The van der Waals surface area contributed by atoms with E-state index in [1.807, 2.05) is 0 Å². The molecule has 3 aromatic carbocycles. The lowest BCUT2D eigenvalue weighted by molar-refractivity contribution is 0.471. The molecule has 33 heavy (non-hydrogen) atoms. The standard InChI is InChI=1S/C26H14FNO5/c27-14-11-9-13(10-12-14)22-20(21-24(29)16-6-2-4-8-18(16)32-25(21)30)19-15-5-1-3-7-17(15)33-26(31)23(19)28-22/h1-12,28-29H. The highest BCUT2D eigenvalue weighted by atomic mass is 19.1. The van der Waals surface area contributed by atoms with Crippen LogP contribution in [0.15, 0.2) is 91.2 Å². The fourth-order valence-corrected chi connectivity index (χ4v) is 4.27. The third-order valence-corrected chi connectivity index (χ3v) is 5.73. The first-order valence-electron chi connectivity index (χ1n) is 10.1. The van der Waals surface area contributed by atoms with Crippen molar-refractivity contribution in [2.75, 3.05) is 0 Å². The first-order chi connectivity index (χ1) is 16.0. The Labute approximate surface area is 184 Å². The first-order valence-corrected chi connectivity index (χ1v) is 10.1. The molecule has 3 heterocycles. The van der Waals surface area contributed by atoms with Crippen LogP contribution in [0.4, 0.5) is 4.39 Å². The van der Waals surface area contributed by atoms with Crippen LogP contribution in [0.5, 0.6) is 5.75 Å². The van der Waals surface area contributed by atoms with Crippen LogP contribution >= 0.6 is 0 Å². The van der Waals surface area contributed by atoms with Crippen molar-refractivity contribution in [3.8, 4) is 28.1 Å². The second kappa shape index (κ2) is 6.93. The summed E-state index contributed by atoms with van der Waals surface area (Å²) in [5.41, 5.74) is 0.310. The Morgan fingerprint density at radius 2 is 1.33 bits per heavy atom. The molecule has 7 heteroatoms. The Bertz CT molecular complexity index is 1830. The van der Waals surface area contributed by atoms with E-state index in [2.05, 4.69) is 4.98 Å². The van der Waals surface area contributed by atoms with Crippen molar-refractivity contribution in [3.05, 3.63) is 99.5 Å². The number of aromatic nitrogens is 1. The van der Waals surface area contributed by atoms with Crippen LogP contribution in [-0.2, 0) is 0 Å². The number of H-pyrrole nitrogens is 1. The number of hydrogen-bond acceptors (Lipinski definition) is 5. The largest absolute Gasteiger partial charge is 0.506 e. The predicted octanol–water partition coefficient (Wildman–Crippen LogP) is 5.56.